The van der Waals surface area contributed by atoms with Crippen LogP contribution in [-0.4, -0.2) is 12.5 Å². The molecule has 2 aliphatic rings. The van der Waals surface area contributed by atoms with Crippen LogP contribution in [-0.2, 0) is 5.54 Å². The molecule has 1 aromatic rings. The molecule has 3 nitrogen and oxygen atoms in total. The van der Waals surface area contributed by atoms with Gasteiger partial charge >= 0.3 is 0 Å². The molecule has 0 radical (unpaired) electrons. The fourth-order valence-corrected chi connectivity index (χ4v) is 3.33. The lowest BCUT2D eigenvalue weighted by molar-refractivity contribution is 0.200. The molecular formula is C17H21F2N3. The zero-order valence-electron chi connectivity index (χ0n) is 12.7. The Balaban J connectivity index is 1.89. The number of nitrogens with zero attached hydrogens (tertiary/aromatic N) is 1. The summed E-state index contributed by atoms with van der Waals surface area (Å²) >= 11 is 0. The fourth-order valence-electron chi connectivity index (χ4n) is 3.33. The van der Waals surface area contributed by atoms with Gasteiger partial charge in [-0.25, -0.2) is 8.78 Å². The summed E-state index contributed by atoms with van der Waals surface area (Å²) in [6.07, 6.45) is 8.37. The first-order chi connectivity index (χ1) is 10.6. The minimum Gasteiger partial charge on any atom is -0.357 e. The van der Waals surface area contributed by atoms with Gasteiger partial charge < -0.3 is 5.32 Å². The van der Waals surface area contributed by atoms with E-state index in [2.05, 4.69) is 15.6 Å². The molecule has 1 aromatic carbocycles. The highest BCUT2D eigenvalue weighted by molar-refractivity contribution is 5.78. The van der Waals surface area contributed by atoms with Crippen LogP contribution in [0.3, 0.4) is 0 Å². The number of aliphatic imine (C=N–C) groups is 1. The normalized spacial score (nSPS) is 23.8. The van der Waals surface area contributed by atoms with Crippen LogP contribution in [0.1, 0.15) is 44.6 Å². The van der Waals surface area contributed by atoms with E-state index in [9.17, 15) is 8.78 Å². The van der Waals surface area contributed by atoms with Crippen molar-refractivity contribution in [1.82, 2.24) is 10.6 Å². The van der Waals surface area contributed by atoms with Gasteiger partial charge in [-0.3, -0.25) is 10.3 Å². The third kappa shape index (κ3) is 3.19. The summed E-state index contributed by atoms with van der Waals surface area (Å²) in [7, 11) is 0. The van der Waals surface area contributed by atoms with E-state index < -0.39 is 17.2 Å². The Hall–Kier alpha value is -1.75. The van der Waals surface area contributed by atoms with Crippen molar-refractivity contribution in [3.05, 3.63) is 47.2 Å². The molecule has 2 N–H and O–H groups in total. The van der Waals surface area contributed by atoms with E-state index in [-0.39, 0.29) is 6.29 Å². The Bertz CT molecular complexity index is 584. The number of rotatable bonds is 3. The average molecular weight is 305 g/mol. The largest absolute Gasteiger partial charge is 0.357 e. The second-order valence-electron chi connectivity index (χ2n) is 6.18. The van der Waals surface area contributed by atoms with Gasteiger partial charge in [0.05, 0.1) is 0 Å². The summed E-state index contributed by atoms with van der Waals surface area (Å²) in [6, 6.07) is 3.80. The Morgan fingerprint density at radius 1 is 1.14 bits per heavy atom. The number of allylic oxidation sites excluding steroid dienone is 1. The molecule has 118 valence electrons. The lowest BCUT2D eigenvalue weighted by Crippen LogP contribution is -2.53. The predicted octanol–water partition coefficient (Wildman–Crippen LogP) is 3.58. The number of hydrogen-bond acceptors (Lipinski definition) is 3. The van der Waals surface area contributed by atoms with Gasteiger partial charge in [0.25, 0.3) is 0 Å². The van der Waals surface area contributed by atoms with E-state index in [1.807, 2.05) is 13.1 Å². The van der Waals surface area contributed by atoms with Gasteiger partial charge in [-0.2, -0.15) is 0 Å². The molecule has 1 aliphatic heterocycles. The molecule has 22 heavy (non-hydrogen) atoms. The van der Waals surface area contributed by atoms with E-state index in [1.54, 1.807) is 6.21 Å². The van der Waals surface area contributed by atoms with Crippen LogP contribution in [0.25, 0.3) is 0 Å². The molecule has 0 bridgehead atoms. The third-order valence-corrected chi connectivity index (χ3v) is 4.43. The SMILES string of the molecule is CC1=CNC(NC2(c3cc(F)cc(F)c3)CCCCC2)N=C1. The second-order valence-corrected chi connectivity index (χ2v) is 6.18. The van der Waals surface area contributed by atoms with Crippen LogP contribution < -0.4 is 10.6 Å². The van der Waals surface area contributed by atoms with Crippen molar-refractivity contribution in [2.24, 2.45) is 4.99 Å². The molecule has 0 spiro atoms. The van der Waals surface area contributed by atoms with Crippen LogP contribution in [0.5, 0.6) is 0 Å². The van der Waals surface area contributed by atoms with Crippen LogP contribution >= 0.6 is 0 Å². The summed E-state index contributed by atoms with van der Waals surface area (Å²) in [4.78, 5) is 4.42. The van der Waals surface area contributed by atoms with Crippen molar-refractivity contribution in [2.45, 2.75) is 50.9 Å². The summed E-state index contributed by atoms with van der Waals surface area (Å²) in [5.41, 5.74) is 1.29. The molecule has 1 aliphatic carbocycles. The van der Waals surface area contributed by atoms with Crippen molar-refractivity contribution < 1.29 is 8.78 Å². The van der Waals surface area contributed by atoms with Crippen molar-refractivity contribution in [3.63, 3.8) is 0 Å². The molecule has 1 fully saturated rings. The molecule has 1 heterocycles. The number of benzene rings is 1. The Kier molecular flexibility index (Phi) is 4.25. The third-order valence-electron chi connectivity index (χ3n) is 4.43. The quantitative estimate of drug-likeness (QED) is 0.895. The molecule has 0 saturated heterocycles. The highest BCUT2D eigenvalue weighted by Gasteiger charge is 2.36. The predicted molar refractivity (Wildman–Crippen MR) is 83.4 cm³/mol. The highest BCUT2D eigenvalue weighted by atomic mass is 19.1. The lowest BCUT2D eigenvalue weighted by atomic mass is 9.76. The molecular weight excluding hydrogens is 284 g/mol. The zero-order valence-corrected chi connectivity index (χ0v) is 12.7. The zero-order chi connectivity index (χ0) is 15.6. The van der Waals surface area contributed by atoms with E-state index in [0.29, 0.717) is 5.56 Å². The fraction of sp³-hybridized carbons (Fsp3) is 0.471. The van der Waals surface area contributed by atoms with Crippen LogP contribution in [0.4, 0.5) is 8.78 Å². The van der Waals surface area contributed by atoms with Gasteiger partial charge in [0, 0.05) is 24.0 Å². The van der Waals surface area contributed by atoms with Crippen LogP contribution in [0, 0.1) is 11.6 Å². The van der Waals surface area contributed by atoms with Crippen molar-refractivity contribution in [1.29, 1.82) is 0 Å². The van der Waals surface area contributed by atoms with Crippen LogP contribution in [0.2, 0.25) is 0 Å². The van der Waals surface area contributed by atoms with E-state index in [0.717, 1.165) is 43.7 Å². The Morgan fingerprint density at radius 3 is 2.41 bits per heavy atom. The Labute approximate surface area is 129 Å². The molecule has 0 aromatic heterocycles. The van der Waals surface area contributed by atoms with E-state index in [1.165, 1.54) is 12.1 Å². The van der Waals surface area contributed by atoms with Gasteiger partial charge in [0.1, 0.15) is 11.6 Å². The maximum Gasteiger partial charge on any atom is 0.173 e. The molecule has 1 saturated carbocycles. The molecule has 5 heteroatoms. The number of nitrogens with one attached hydrogen (secondary N) is 2. The van der Waals surface area contributed by atoms with Gasteiger partial charge in [-0.15, -0.1) is 0 Å². The highest BCUT2D eigenvalue weighted by Crippen LogP contribution is 2.38. The number of hydrogen-bond donors (Lipinski definition) is 2. The molecule has 1 atom stereocenters. The van der Waals surface area contributed by atoms with Gasteiger partial charge in [-0.05, 0) is 43.0 Å². The monoisotopic (exact) mass is 305 g/mol. The van der Waals surface area contributed by atoms with Gasteiger partial charge in [0.2, 0.25) is 0 Å². The number of halogens is 2. The summed E-state index contributed by atoms with van der Waals surface area (Å²) in [6.45, 7) is 1.96. The van der Waals surface area contributed by atoms with Crippen LogP contribution in [0.15, 0.2) is 35.0 Å². The Morgan fingerprint density at radius 2 is 1.82 bits per heavy atom. The summed E-state index contributed by atoms with van der Waals surface area (Å²) in [5, 5.41) is 6.66. The topological polar surface area (TPSA) is 36.4 Å². The average Bonchev–Trinajstić information content (AvgIpc) is 2.50. The standard InChI is InChI=1S/C17H21F2N3/c1-12-10-20-16(21-11-12)22-17(5-3-2-4-6-17)13-7-14(18)9-15(19)8-13/h7-11,16,20,22H,2-6H2,1H3. The van der Waals surface area contributed by atoms with E-state index in [4.69, 9.17) is 0 Å². The maximum absolute atomic E-state index is 13.7. The first kappa shape index (κ1) is 15.2. The van der Waals surface area contributed by atoms with Gasteiger partial charge in [0.15, 0.2) is 6.29 Å². The minimum absolute atomic E-state index is 0.270. The lowest BCUT2D eigenvalue weighted by Gasteiger charge is -2.41. The van der Waals surface area contributed by atoms with Crippen molar-refractivity contribution >= 4 is 6.21 Å². The summed E-state index contributed by atoms with van der Waals surface area (Å²) < 4.78 is 27.3. The first-order valence-electron chi connectivity index (χ1n) is 7.78. The molecule has 3 rings (SSSR count). The summed E-state index contributed by atoms with van der Waals surface area (Å²) in [5.74, 6) is -1.06. The van der Waals surface area contributed by atoms with Crippen molar-refractivity contribution in [2.75, 3.05) is 0 Å². The second kappa shape index (κ2) is 6.16. The minimum atomic E-state index is -0.530. The maximum atomic E-state index is 13.7. The van der Waals surface area contributed by atoms with E-state index >= 15 is 0 Å². The molecule has 0 amide bonds. The molecule has 1 unspecified atom stereocenters. The first-order valence-corrected chi connectivity index (χ1v) is 7.78. The van der Waals surface area contributed by atoms with Crippen molar-refractivity contribution in [3.8, 4) is 0 Å². The van der Waals surface area contributed by atoms with Gasteiger partial charge in [-0.1, -0.05) is 19.3 Å². The smallest absolute Gasteiger partial charge is 0.173 e.